The lowest BCUT2D eigenvalue weighted by Gasteiger charge is -2.32. The maximum atomic E-state index is 13.4. The summed E-state index contributed by atoms with van der Waals surface area (Å²) >= 11 is 0. The van der Waals surface area contributed by atoms with E-state index in [0.717, 1.165) is 17.5 Å². The Morgan fingerprint density at radius 1 is 0.976 bits per heavy atom. The van der Waals surface area contributed by atoms with E-state index >= 15 is 0 Å². The van der Waals surface area contributed by atoms with Crippen LogP contribution in [0.25, 0.3) is 0 Å². The average Bonchev–Trinajstić information content (AvgIpc) is 3.42. The Morgan fingerprint density at radius 2 is 1.56 bits per heavy atom. The summed E-state index contributed by atoms with van der Waals surface area (Å²) in [6, 6.07) is 17.8. The van der Waals surface area contributed by atoms with Crippen LogP contribution in [-0.2, 0) is 41.6 Å². The Hall–Kier alpha value is -3.37. The molecule has 9 nitrogen and oxygen atoms in total. The number of nitrogens with zero attached hydrogens (tertiary/aromatic N) is 2. The summed E-state index contributed by atoms with van der Waals surface area (Å²) < 4.78 is 23.1. The molecule has 2 fully saturated rings. The van der Waals surface area contributed by atoms with Gasteiger partial charge in [-0.25, -0.2) is 9.59 Å². The molecule has 0 aliphatic carbocycles. The van der Waals surface area contributed by atoms with Crippen molar-refractivity contribution < 1.29 is 33.2 Å². The SMILES string of the molecule is COC(=O)[C@@H]1[C@H](CCCB2OC(C)(C)C(C)(C)O2)CC(C=NOCc2ccccc2)N1C(=O)OCc1ccccc1. The fourth-order valence-corrected chi connectivity index (χ4v) is 5.29. The monoisotopic (exact) mass is 564 g/mol. The van der Waals surface area contributed by atoms with Crippen LogP contribution in [0.3, 0.4) is 0 Å². The van der Waals surface area contributed by atoms with E-state index in [1.54, 1.807) is 6.21 Å². The van der Waals surface area contributed by atoms with Crippen LogP contribution in [-0.4, -0.2) is 60.7 Å². The van der Waals surface area contributed by atoms with Gasteiger partial charge >= 0.3 is 19.2 Å². The molecule has 2 aromatic rings. The van der Waals surface area contributed by atoms with Gasteiger partial charge in [0.25, 0.3) is 0 Å². The standard InChI is InChI=1S/C31H41BN2O7/c1-30(2)31(3,4)41-32(40-30)18-12-17-25-19-26(20-33-39-22-24-15-10-7-11-16-24)34(27(25)28(35)37-5)29(36)38-21-23-13-8-6-9-14-23/h6-11,13-16,20,25-27H,12,17-19,21-22H2,1-5H3/t25-,26?,27+/m1/s1. The zero-order valence-electron chi connectivity index (χ0n) is 24.7. The first-order valence-corrected chi connectivity index (χ1v) is 14.2. The number of oxime groups is 1. The minimum atomic E-state index is -0.813. The molecule has 0 aromatic heterocycles. The fourth-order valence-electron chi connectivity index (χ4n) is 5.29. The molecule has 0 saturated carbocycles. The Labute approximate surface area is 243 Å². The molecule has 1 unspecified atom stereocenters. The molecule has 0 N–H and O–H groups in total. The second kappa shape index (κ2) is 13.5. The smallest absolute Gasteiger partial charge is 0.457 e. The van der Waals surface area contributed by atoms with Crippen LogP contribution in [0.4, 0.5) is 4.79 Å². The molecular formula is C31H41BN2O7. The van der Waals surface area contributed by atoms with Gasteiger partial charge in [0.05, 0.1) is 30.6 Å². The predicted molar refractivity (Wildman–Crippen MR) is 156 cm³/mol. The van der Waals surface area contributed by atoms with Gasteiger partial charge in [0, 0.05) is 0 Å². The van der Waals surface area contributed by atoms with Gasteiger partial charge in [-0.05, 0) is 63.9 Å². The van der Waals surface area contributed by atoms with E-state index in [2.05, 4.69) is 5.16 Å². The Bertz CT molecular complexity index is 1160. The third kappa shape index (κ3) is 7.68. The lowest BCUT2D eigenvalue weighted by molar-refractivity contribution is -0.147. The number of amides is 1. The van der Waals surface area contributed by atoms with Gasteiger partial charge in [-0.1, -0.05) is 72.2 Å². The highest BCUT2D eigenvalue weighted by Gasteiger charge is 2.51. The van der Waals surface area contributed by atoms with E-state index < -0.39 is 35.3 Å². The highest BCUT2D eigenvalue weighted by Crippen LogP contribution is 2.39. The zero-order valence-corrected chi connectivity index (χ0v) is 24.7. The number of benzene rings is 2. The number of carbonyl (C=O) groups is 2. The molecular weight excluding hydrogens is 523 g/mol. The van der Waals surface area contributed by atoms with Crippen molar-refractivity contribution in [1.29, 1.82) is 0 Å². The van der Waals surface area contributed by atoms with Crippen molar-refractivity contribution in [1.82, 2.24) is 4.90 Å². The number of esters is 1. The topological polar surface area (TPSA) is 95.9 Å². The third-order valence-electron chi connectivity index (χ3n) is 8.20. The number of hydrogen-bond donors (Lipinski definition) is 0. The molecule has 10 heteroatoms. The maximum Gasteiger partial charge on any atom is 0.457 e. The van der Waals surface area contributed by atoms with Gasteiger partial charge in [-0.3, -0.25) is 4.90 Å². The third-order valence-corrected chi connectivity index (χ3v) is 8.20. The van der Waals surface area contributed by atoms with Crippen molar-refractivity contribution in [2.24, 2.45) is 11.1 Å². The summed E-state index contributed by atoms with van der Waals surface area (Å²) in [4.78, 5) is 33.5. The Balaban J connectivity index is 1.45. The Kier molecular flexibility index (Phi) is 10.1. The quantitative estimate of drug-likeness (QED) is 0.151. The number of hydrogen-bond acceptors (Lipinski definition) is 8. The van der Waals surface area contributed by atoms with Crippen molar-refractivity contribution in [3.63, 3.8) is 0 Å². The molecule has 2 heterocycles. The molecule has 1 amide bonds. The summed E-state index contributed by atoms with van der Waals surface area (Å²) in [5.74, 6) is -0.650. The first-order valence-electron chi connectivity index (χ1n) is 14.2. The van der Waals surface area contributed by atoms with E-state index in [0.29, 0.717) is 25.8 Å². The lowest BCUT2D eigenvalue weighted by atomic mass is 9.80. The molecule has 0 bridgehead atoms. The first kappa shape index (κ1) is 30.6. The molecule has 0 radical (unpaired) electrons. The van der Waals surface area contributed by atoms with Gasteiger partial charge in [-0.15, -0.1) is 0 Å². The minimum Gasteiger partial charge on any atom is -0.467 e. The highest BCUT2D eigenvalue weighted by atomic mass is 16.7. The molecule has 2 aliphatic rings. The number of carbonyl (C=O) groups excluding carboxylic acids is 2. The zero-order chi connectivity index (χ0) is 29.5. The normalized spacial score (nSPS) is 23.1. The molecule has 220 valence electrons. The summed E-state index contributed by atoms with van der Waals surface area (Å²) in [5.41, 5.74) is 1.02. The number of methoxy groups -OCH3 is 1. The van der Waals surface area contributed by atoms with Crippen LogP contribution in [0.15, 0.2) is 65.8 Å². The molecule has 2 saturated heterocycles. The van der Waals surface area contributed by atoms with Crippen molar-refractivity contribution in [2.45, 2.75) is 89.8 Å². The molecule has 4 rings (SSSR count). The van der Waals surface area contributed by atoms with E-state index in [1.807, 2.05) is 88.4 Å². The summed E-state index contributed by atoms with van der Waals surface area (Å²) in [6.07, 6.45) is 3.59. The highest BCUT2D eigenvalue weighted by molar-refractivity contribution is 6.45. The van der Waals surface area contributed by atoms with Crippen LogP contribution in [0, 0.1) is 5.92 Å². The van der Waals surface area contributed by atoms with Gasteiger partial charge < -0.3 is 23.6 Å². The van der Waals surface area contributed by atoms with Crippen LogP contribution in [0.1, 0.15) is 58.1 Å². The van der Waals surface area contributed by atoms with Crippen LogP contribution >= 0.6 is 0 Å². The van der Waals surface area contributed by atoms with E-state index in [4.69, 9.17) is 23.6 Å². The lowest BCUT2D eigenvalue weighted by Crippen LogP contribution is -2.47. The van der Waals surface area contributed by atoms with Crippen molar-refractivity contribution in [2.75, 3.05) is 7.11 Å². The summed E-state index contributed by atoms with van der Waals surface area (Å²) in [6.45, 7) is 8.49. The van der Waals surface area contributed by atoms with Crippen molar-refractivity contribution >= 4 is 25.4 Å². The molecule has 3 atom stereocenters. The fraction of sp³-hybridized carbons (Fsp3) is 0.516. The molecule has 41 heavy (non-hydrogen) atoms. The molecule has 2 aliphatic heterocycles. The van der Waals surface area contributed by atoms with Gasteiger partial charge in [-0.2, -0.15) is 0 Å². The van der Waals surface area contributed by atoms with Gasteiger partial charge in [0.1, 0.15) is 19.3 Å². The largest absolute Gasteiger partial charge is 0.467 e. The molecule has 2 aromatic carbocycles. The predicted octanol–water partition coefficient (Wildman–Crippen LogP) is 5.63. The van der Waals surface area contributed by atoms with E-state index in [-0.39, 0.29) is 19.6 Å². The average molecular weight is 564 g/mol. The number of rotatable bonds is 11. The summed E-state index contributed by atoms with van der Waals surface area (Å²) in [5, 5.41) is 4.16. The number of ether oxygens (including phenoxy) is 2. The van der Waals surface area contributed by atoms with Crippen LogP contribution < -0.4 is 0 Å². The summed E-state index contributed by atoms with van der Waals surface area (Å²) in [7, 11) is 1.01. The molecule has 0 spiro atoms. The van der Waals surface area contributed by atoms with E-state index in [9.17, 15) is 9.59 Å². The van der Waals surface area contributed by atoms with Crippen molar-refractivity contribution in [3.8, 4) is 0 Å². The Morgan fingerprint density at radius 3 is 2.15 bits per heavy atom. The maximum absolute atomic E-state index is 13.4. The minimum absolute atomic E-state index is 0.0883. The second-order valence-electron chi connectivity index (χ2n) is 11.6. The van der Waals surface area contributed by atoms with E-state index in [1.165, 1.54) is 12.0 Å². The van der Waals surface area contributed by atoms with Crippen LogP contribution in [0.2, 0.25) is 6.32 Å². The van der Waals surface area contributed by atoms with Gasteiger partial charge in [0.2, 0.25) is 0 Å². The van der Waals surface area contributed by atoms with Crippen molar-refractivity contribution in [3.05, 3.63) is 71.8 Å². The number of likely N-dealkylation sites (tertiary alicyclic amines) is 1. The first-order chi connectivity index (χ1) is 19.6. The van der Waals surface area contributed by atoms with Crippen LogP contribution in [0.5, 0.6) is 0 Å². The second-order valence-corrected chi connectivity index (χ2v) is 11.6. The van der Waals surface area contributed by atoms with Gasteiger partial charge in [0.15, 0.2) is 0 Å².